The lowest BCUT2D eigenvalue weighted by molar-refractivity contribution is 0.803. The van der Waals surface area contributed by atoms with Crippen LogP contribution in [0.15, 0.2) is 34.6 Å². The Morgan fingerprint density at radius 1 is 1.43 bits per heavy atom. The van der Waals surface area contributed by atoms with Crippen molar-refractivity contribution < 1.29 is 0 Å². The number of nitrogens with zero attached hydrogens (tertiary/aromatic N) is 1. The Hall–Kier alpha value is -1.07. The molecule has 0 rings (SSSR count). The Labute approximate surface area is 87.9 Å². The van der Waals surface area contributed by atoms with Gasteiger partial charge in [-0.25, -0.2) is 0 Å². The van der Waals surface area contributed by atoms with E-state index in [4.69, 9.17) is 0 Å². The lowest BCUT2D eigenvalue weighted by Crippen LogP contribution is -1.86. The molecule has 0 aliphatic rings. The second-order valence-corrected chi connectivity index (χ2v) is 3.20. The van der Waals surface area contributed by atoms with Crippen LogP contribution >= 0.6 is 0 Å². The average Bonchev–Trinajstić information content (AvgIpc) is 2.23. The zero-order valence-electron chi connectivity index (χ0n) is 9.64. The number of aliphatic imine (C=N–C) groups is 1. The molecule has 1 heteroatoms. The Morgan fingerprint density at radius 2 is 2.14 bits per heavy atom. The van der Waals surface area contributed by atoms with E-state index in [0.717, 1.165) is 18.5 Å². The van der Waals surface area contributed by atoms with Crippen molar-refractivity contribution in [1.82, 2.24) is 0 Å². The molecular formula is C13H21N. The molecule has 14 heavy (non-hydrogen) atoms. The molecule has 0 amide bonds. The van der Waals surface area contributed by atoms with Gasteiger partial charge >= 0.3 is 0 Å². The van der Waals surface area contributed by atoms with Crippen LogP contribution in [0.25, 0.3) is 0 Å². The first-order chi connectivity index (χ1) is 6.78. The van der Waals surface area contributed by atoms with Gasteiger partial charge in [0.25, 0.3) is 0 Å². The molecule has 1 nitrogen and oxygen atoms in total. The number of unbranched alkanes of at least 4 members (excludes halogenated alkanes) is 1. The molecule has 0 saturated carbocycles. The van der Waals surface area contributed by atoms with Crippen molar-refractivity contribution >= 4 is 6.21 Å². The summed E-state index contributed by atoms with van der Waals surface area (Å²) in [6.07, 6.45) is 8.52. The third-order valence-corrected chi connectivity index (χ3v) is 2.11. The fraction of sp³-hybridized carbons (Fsp3) is 0.538. The zero-order valence-corrected chi connectivity index (χ0v) is 9.64. The first kappa shape index (κ1) is 12.9. The Kier molecular flexibility index (Phi) is 7.87. The van der Waals surface area contributed by atoms with Gasteiger partial charge in [-0.15, -0.1) is 5.73 Å². The maximum atomic E-state index is 4.33. The fourth-order valence-corrected chi connectivity index (χ4v) is 1.09. The van der Waals surface area contributed by atoms with Crippen LogP contribution in [0.5, 0.6) is 0 Å². The van der Waals surface area contributed by atoms with Crippen LogP contribution in [0.3, 0.4) is 0 Å². The summed E-state index contributed by atoms with van der Waals surface area (Å²) in [5.74, 6) is 0. The van der Waals surface area contributed by atoms with E-state index in [1.807, 2.05) is 6.21 Å². The molecular weight excluding hydrogens is 170 g/mol. The molecule has 0 aromatic carbocycles. The molecule has 0 fully saturated rings. The smallest absolute Gasteiger partial charge is 0.0811 e. The summed E-state index contributed by atoms with van der Waals surface area (Å²) in [6.45, 7) is 9.92. The van der Waals surface area contributed by atoms with Crippen LogP contribution < -0.4 is 0 Å². The van der Waals surface area contributed by atoms with Gasteiger partial charge in [-0.1, -0.05) is 32.9 Å². The van der Waals surface area contributed by atoms with E-state index in [1.165, 1.54) is 18.4 Å². The summed E-state index contributed by atoms with van der Waals surface area (Å²) >= 11 is 0. The zero-order chi connectivity index (χ0) is 10.8. The molecule has 78 valence electrons. The number of rotatable bonds is 6. The van der Waals surface area contributed by atoms with Crippen molar-refractivity contribution in [1.29, 1.82) is 0 Å². The second kappa shape index (κ2) is 8.52. The minimum Gasteiger partial charge on any atom is -0.253 e. The van der Waals surface area contributed by atoms with Gasteiger partial charge in [0.05, 0.1) is 5.70 Å². The quantitative estimate of drug-likeness (QED) is 0.439. The predicted octanol–water partition coefficient (Wildman–Crippen LogP) is 4.27. The van der Waals surface area contributed by atoms with Gasteiger partial charge in [0, 0.05) is 6.21 Å². The number of hydrogen-bond donors (Lipinski definition) is 0. The summed E-state index contributed by atoms with van der Waals surface area (Å²) in [7, 11) is 0. The van der Waals surface area contributed by atoms with E-state index >= 15 is 0 Å². The molecule has 0 N–H and O–H groups in total. The van der Waals surface area contributed by atoms with Crippen LogP contribution in [0.2, 0.25) is 0 Å². The number of allylic oxidation sites excluding steroid dienone is 3. The van der Waals surface area contributed by atoms with E-state index in [9.17, 15) is 0 Å². The topological polar surface area (TPSA) is 12.4 Å². The lowest BCUT2D eigenvalue weighted by atomic mass is 10.1. The van der Waals surface area contributed by atoms with Gasteiger partial charge in [-0.2, -0.15) is 0 Å². The van der Waals surface area contributed by atoms with Crippen molar-refractivity contribution in [2.45, 2.75) is 46.5 Å². The maximum Gasteiger partial charge on any atom is 0.0811 e. The van der Waals surface area contributed by atoms with Gasteiger partial charge in [-0.3, -0.25) is 4.99 Å². The van der Waals surface area contributed by atoms with E-state index in [-0.39, 0.29) is 0 Å². The van der Waals surface area contributed by atoms with Gasteiger partial charge in [-0.05, 0) is 31.8 Å². The molecule has 0 aliphatic heterocycles. The second-order valence-electron chi connectivity index (χ2n) is 3.20. The van der Waals surface area contributed by atoms with Gasteiger partial charge in [0.2, 0.25) is 0 Å². The van der Waals surface area contributed by atoms with Crippen molar-refractivity contribution in [3.05, 3.63) is 29.7 Å². The molecule has 0 heterocycles. The standard InChI is InChI=1S/C13H21N/c1-5-9-10-12(6-2)11-14-13(7-3)8-4/h6,11H,3,5,8-10H2,1-2,4H3/b12-6-,14-11?. The van der Waals surface area contributed by atoms with Crippen LogP contribution in [0, 0.1) is 0 Å². The fourth-order valence-electron chi connectivity index (χ4n) is 1.09. The highest BCUT2D eigenvalue weighted by Crippen LogP contribution is 2.06. The predicted molar refractivity (Wildman–Crippen MR) is 64.7 cm³/mol. The van der Waals surface area contributed by atoms with Gasteiger partial charge in [0.15, 0.2) is 0 Å². The SMILES string of the molecule is C=C=C(CC)N=C/C(=C\C)CCCC. The normalized spacial score (nSPS) is 11.8. The highest BCUT2D eigenvalue weighted by molar-refractivity contribution is 5.79. The van der Waals surface area contributed by atoms with Crippen LogP contribution in [0.1, 0.15) is 46.5 Å². The maximum absolute atomic E-state index is 4.33. The van der Waals surface area contributed by atoms with Crippen molar-refractivity contribution in [3.63, 3.8) is 0 Å². The van der Waals surface area contributed by atoms with E-state index in [0.29, 0.717) is 0 Å². The molecule has 0 aromatic heterocycles. The molecule has 0 spiro atoms. The van der Waals surface area contributed by atoms with E-state index in [1.54, 1.807) is 0 Å². The average molecular weight is 191 g/mol. The minimum atomic E-state index is 0.894. The molecule has 0 aromatic rings. The molecule has 0 aliphatic carbocycles. The summed E-state index contributed by atoms with van der Waals surface area (Å²) in [5, 5.41) is 0. The highest BCUT2D eigenvalue weighted by Gasteiger charge is 1.92. The van der Waals surface area contributed by atoms with E-state index < -0.39 is 0 Å². The van der Waals surface area contributed by atoms with Crippen LogP contribution in [0.4, 0.5) is 0 Å². The Bertz CT molecular complexity index is 252. The highest BCUT2D eigenvalue weighted by atomic mass is 14.7. The Balaban J connectivity index is 4.24. The summed E-state index contributed by atoms with van der Waals surface area (Å²) in [4.78, 5) is 4.33. The summed E-state index contributed by atoms with van der Waals surface area (Å²) in [6, 6.07) is 0. The summed E-state index contributed by atoms with van der Waals surface area (Å²) in [5.41, 5.74) is 5.06. The molecule has 0 bridgehead atoms. The lowest BCUT2D eigenvalue weighted by Gasteiger charge is -1.98. The third-order valence-electron chi connectivity index (χ3n) is 2.11. The van der Waals surface area contributed by atoms with Crippen molar-refractivity contribution in [3.8, 4) is 0 Å². The van der Waals surface area contributed by atoms with Crippen molar-refractivity contribution in [2.75, 3.05) is 0 Å². The third kappa shape index (κ3) is 5.55. The Morgan fingerprint density at radius 3 is 2.57 bits per heavy atom. The molecule has 0 radical (unpaired) electrons. The first-order valence-electron chi connectivity index (χ1n) is 5.36. The van der Waals surface area contributed by atoms with Gasteiger partial charge < -0.3 is 0 Å². The molecule has 0 saturated heterocycles. The minimum absolute atomic E-state index is 0.894. The number of hydrogen-bond acceptors (Lipinski definition) is 1. The van der Waals surface area contributed by atoms with Crippen LogP contribution in [-0.4, -0.2) is 6.21 Å². The first-order valence-corrected chi connectivity index (χ1v) is 5.36. The van der Waals surface area contributed by atoms with E-state index in [2.05, 4.69) is 44.1 Å². The monoisotopic (exact) mass is 191 g/mol. The van der Waals surface area contributed by atoms with Crippen molar-refractivity contribution in [2.24, 2.45) is 4.99 Å². The molecule has 0 unspecified atom stereocenters. The van der Waals surface area contributed by atoms with Gasteiger partial charge in [0.1, 0.15) is 0 Å². The molecule has 0 atom stereocenters. The van der Waals surface area contributed by atoms with Crippen LogP contribution in [-0.2, 0) is 0 Å². The largest absolute Gasteiger partial charge is 0.253 e. The summed E-state index contributed by atoms with van der Waals surface area (Å²) < 4.78 is 0.